The summed E-state index contributed by atoms with van der Waals surface area (Å²) in [6, 6.07) is 19.8. The lowest BCUT2D eigenvalue weighted by Crippen LogP contribution is -2.47. The highest BCUT2D eigenvalue weighted by atomic mass is 32.2. The molecule has 8 nitrogen and oxygen atoms in total. The predicted octanol–water partition coefficient (Wildman–Crippen LogP) is 3.31. The van der Waals surface area contributed by atoms with E-state index in [0.29, 0.717) is 12.2 Å². The number of piperazine rings is 1. The highest BCUT2D eigenvalue weighted by Crippen LogP contribution is 2.24. The number of rotatable bonds is 7. The van der Waals surface area contributed by atoms with Gasteiger partial charge in [-0.3, -0.25) is 19.7 Å². The van der Waals surface area contributed by atoms with Crippen LogP contribution in [0.15, 0.2) is 66.7 Å². The van der Waals surface area contributed by atoms with Crippen LogP contribution in [0.2, 0.25) is 0 Å². The molecule has 1 aliphatic rings. The number of anilines is 2. The Kier molecular flexibility index (Phi) is 6.06. The van der Waals surface area contributed by atoms with Crippen LogP contribution in [0.25, 0.3) is 10.8 Å². The van der Waals surface area contributed by atoms with E-state index in [9.17, 15) is 18.5 Å². The van der Waals surface area contributed by atoms with E-state index in [1.165, 1.54) is 12.1 Å². The molecule has 0 saturated carbocycles. The highest BCUT2D eigenvalue weighted by Gasteiger charge is 2.20. The van der Waals surface area contributed by atoms with Crippen molar-refractivity contribution in [2.24, 2.45) is 0 Å². The molecule has 0 spiro atoms. The summed E-state index contributed by atoms with van der Waals surface area (Å²) in [4.78, 5) is 14.7. The van der Waals surface area contributed by atoms with E-state index in [0.717, 1.165) is 42.6 Å². The van der Waals surface area contributed by atoms with E-state index >= 15 is 0 Å². The number of nitrogens with zero attached hydrogens (tertiary/aromatic N) is 3. The molecule has 1 aliphatic heterocycles. The molecule has 0 aliphatic carbocycles. The number of sulfonamides is 1. The van der Waals surface area contributed by atoms with Gasteiger partial charge in [-0.1, -0.05) is 36.4 Å². The van der Waals surface area contributed by atoms with Crippen molar-refractivity contribution < 1.29 is 13.3 Å². The average molecular weight is 441 g/mol. The predicted molar refractivity (Wildman–Crippen MR) is 123 cm³/mol. The molecule has 1 heterocycles. The number of non-ortho nitro benzene ring substituents is 1. The minimum atomic E-state index is -3.47. The first kappa shape index (κ1) is 21.1. The van der Waals surface area contributed by atoms with Crippen LogP contribution in [0.3, 0.4) is 0 Å². The highest BCUT2D eigenvalue weighted by molar-refractivity contribution is 7.92. The second kappa shape index (κ2) is 8.91. The number of nitrogens with one attached hydrogen (secondary N) is 1. The molecule has 31 heavy (non-hydrogen) atoms. The first-order chi connectivity index (χ1) is 14.9. The van der Waals surface area contributed by atoms with E-state index < -0.39 is 14.9 Å². The third-order valence-corrected chi connectivity index (χ3v) is 6.78. The van der Waals surface area contributed by atoms with Gasteiger partial charge in [0.1, 0.15) is 0 Å². The Bertz CT molecular complexity index is 1170. The van der Waals surface area contributed by atoms with Gasteiger partial charge in [0.25, 0.3) is 5.69 Å². The molecule has 1 fully saturated rings. The Hall–Kier alpha value is -3.17. The molecule has 9 heteroatoms. The summed E-state index contributed by atoms with van der Waals surface area (Å²) in [5.41, 5.74) is 1.61. The van der Waals surface area contributed by atoms with Crippen molar-refractivity contribution in [3.63, 3.8) is 0 Å². The second-order valence-electron chi connectivity index (χ2n) is 7.55. The van der Waals surface area contributed by atoms with E-state index in [1.54, 1.807) is 18.2 Å². The molecule has 0 amide bonds. The summed E-state index contributed by atoms with van der Waals surface area (Å²) in [5, 5.41) is 12.7. The van der Waals surface area contributed by atoms with Gasteiger partial charge in [0.15, 0.2) is 0 Å². The molecule has 3 aromatic carbocycles. The maximum Gasteiger partial charge on any atom is 0.269 e. The van der Waals surface area contributed by atoms with E-state index in [1.807, 2.05) is 36.4 Å². The van der Waals surface area contributed by atoms with Crippen LogP contribution >= 0.6 is 0 Å². The quantitative estimate of drug-likeness (QED) is 0.447. The third kappa shape index (κ3) is 5.12. The largest absolute Gasteiger partial charge is 0.369 e. The summed E-state index contributed by atoms with van der Waals surface area (Å²) in [5.74, 6) is 0.0216. The standard InChI is InChI=1S/C22H24N4O4S/c27-26(28)20-10-8-19(9-11-20)25-14-12-24(13-15-25)16-17-31(29,30)23-22-7-3-5-18-4-1-2-6-21(18)22/h1-11,23H,12-17H2. The van der Waals surface area contributed by atoms with E-state index in [4.69, 9.17) is 0 Å². The third-order valence-electron chi connectivity index (χ3n) is 5.53. The van der Waals surface area contributed by atoms with Crippen molar-refractivity contribution in [1.29, 1.82) is 0 Å². The van der Waals surface area contributed by atoms with Gasteiger partial charge >= 0.3 is 0 Å². The summed E-state index contributed by atoms with van der Waals surface area (Å²) < 4.78 is 28.0. The number of hydrogen-bond acceptors (Lipinski definition) is 6. The number of nitro benzene ring substituents is 1. The molecule has 162 valence electrons. The zero-order chi connectivity index (χ0) is 21.8. The summed E-state index contributed by atoms with van der Waals surface area (Å²) in [6.45, 7) is 3.42. The van der Waals surface area contributed by atoms with Crippen molar-refractivity contribution in [1.82, 2.24) is 4.90 Å². The maximum atomic E-state index is 12.7. The van der Waals surface area contributed by atoms with Crippen molar-refractivity contribution in [3.8, 4) is 0 Å². The van der Waals surface area contributed by atoms with Crippen molar-refractivity contribution >= 4 is 37.9 Å². The smallest absolute Gasteiger partial charge is 0.269 e. The molecule has 0 radical (unpaired) electrons. The monoisotopic (exact) mass is 440 g/mol. The molecule has 0 unspecified atom stereocenters. The Morgan fingerprint density at radius 2 is 1.58 bits per heavy atom. The lowest BCUT2D eigenvalue weighted by Gasteiger charge is -2.36. The molecule has 3 aromatic rings. The first-order valence-electron chi connectivity index (χ1n) is 10.1. The fraction of sp³-hybridized carbons (Fsp3) is 0.273. The second-order valence-corrected chi connectivity index (χ2v) is 9.39. The lowest BCUT2D eigenvalue weighted by molar-refractivity contribution is -0.384. The molecule has 0 aromatic heterocycles. The Morgan fingerprint density at radius 3 is 2.29 bits per heavy atom. The normalized spacial score (nSPS) is 15.2. The molecule has 4 rings (SSSR count). The molecule has 1 N–H and O–H groups in total. The van der Waals surface area contributed by atoms with Crippen LogP contribution in [0.1, 0.15) is 0 Å². The van der Waals surface area contributed by atoms with Crippen LogP contribution in [0.5, 0.6) is 0 Å². The van der Waals surface area contributed by atoms with Gasteiger partial charge < -0.3 is 4.90 Å². The van der Waals surface area contributed by atoms with Gasteiger partial charge in [-0.2, -0.15) is 0 Å². The maximum absolute atomic E-state index is 12.7. The summed E-state index contributed by atoms with van der Waals surface area (Å²) >= 11 is 0. The number of benzene rings is 3. The van der Waals surface area contributed by atoms with Gasteiger partial charge in [-0.15, -0.1) is 0 Å². The molecular formula is C22H24N4O4S. The van der Waals surface area contributed by atoms with Gasteiger partial charge in [0.2, 0.25) is 10.0 Å². The fourth-order valence-corrected chi connectivity index (χ4v) is 4.91. The Morgan fingerprint density at radius 1 is 0.903 bits per heavy atom. The number of hydrogen-bond donors (Lipinski definition) is 1. The first-order valence-corrected chi connectivity index (χ1v) is 11.8. The van der Waals surface area contributed by atoms with E-state index in [-0.39, 0.29) is 11.4 Å². The van der Waals surface area contributed by atoms with Crippen molar-refractivity contribution in [2.75, 3.05) is 48.1 Å². The van der Waals surface area contributed by atoms with Crippen LogP contribution < -0.4 is 9.62 Å². The summed E-state index contributed by atoms with van der Waals surface area (Å²) in [7, 11) is -3.47. The van der Waals surface area contributed by atoms with Gasteiger partial charge in [-0.25, -0.2) is 8.42 Å². The van der Waals surface area contributed by atoms with Crippen molar-refractivity contribution in [3.05, 3.63) is 76.8 Å². The van der Waals surface area contributed by atoms with Crippen molar-refractivity contribution in [2.45, 2.75) is 0 Å². The molecule has 1 saturated heterocycles. The summed E-state index contributed by atoms with van der Waals surface area (Å²) in [6.07, 6.45) is 0. The Labute approximate surface area is 181 Å². The van der Waals surface area contributed by atoms with Gasteiger partial charge in [-0.05, 0) is 23.6 Å². The van der Waals surface area contributed by atoms with Gasteiger partial charge in [0, 0.05) is 55.9 Å². The Balaban J connectivity index is 1.31. The van der Waals surface area contributed by atoms with Crippen LogP contribution in [0, 0.1) is 10.1 Å². The zero-order valence-corrected chi connectivity index (χ0v) is 17.8. The topological polar surface area (TPSA) is 95.8 Å². The van der Waals surface area contributed by atoms with Gasteiger partial charge in [0.05, 0.1) is 16.4 Å². The van der Waals surface area contributed by atoms with Crippen LogP contribution in [0.4, 0.5) is 17.1 Å². The lowest BCUT2D eigenvalue weighted by atomic mass is 10.1. The zero-order valence-electron chi connectivity index (χ0n) is 17.0. The van der Waals surface area contributed by atoms with Crippen LogP contribution in [-0.4, -0.2) is 56.7 Å². The van der Waals surface area contributed by atoms with E-state index in [2.05, 4.69) is 14.5 Å². The molecule has 0 bridgehead atoms. The molecule has 0 atom stereocenters. The van der Waals surface area contributed by atoms with Crippen LogP contribution in [-0.2, 0) is 10.0 Å². The average Bonchev–Trinajstić information content (AvgIpc) is 2.78. The molecular weight excluding hydrogens is 416 g/mol. The minimum absolute atomic E-state index is 0.0216. The SMILES string of the molecule is O=[N+]([O-])c1ccc(N2CCN(CCS(=O)(=O)Nc3cccc4ccccc34)CC2)cc1. The minimum Gasteiger partial charge on any atom is -0.369 e. The number of nitro groups is 1. The number of fused-ring (bicyclic) bond motifs is 1. The fourth-order valence-electron chi connectivity index (χ4n) is 3.80.